The molecule has 0 amide bonds. The molecule has 1 aromatic rings. The topological polar surface area (TPSA) is 59.0 Å². The van der Waals surface area contributed by atoms with E-state index in [1.165, 1.54) is 0 Å². The molecule has 0 aliphatic heterocycles. The van der Waals surface area contributed by atoms with Crippen LogP contribution in [-0.4, -0.2) is 49.9 Å². The highest BCUT2D eigenvalue weighted by Gasteiger charge is 2.05. The van der Waals surface area contributed by atoms with Crippen LogP contribution in [0.4, 0.5) is 0 Å². The van der Waals surface area contributed by atoms with E-state index in [4.69, 9.17) is 14.6 Å². The second kappa shape index (κ2) is 9.15. The number of methoxy groups -OCH3 is 1. The van der Waals surface area contributed by atoms with Gasteiger partial charge >= 0.3 is 5.97 Å². The van der Waals surface area contributed by atoms with E-state index in [0.29, 0.717) is 12.4 Å². The first kappa shape index (κ1) is 17.2. The van der Waals surface area contributed by atoms with Crippen LogP contribution >= 0.6 is 0 Å². The SMILES string of the molecule is CCOCCN(C)Cc1ccc(OC)c(/C=C/C(=O)O)c1. The van der Waals surface area contributed by atoms with Gasteiger partial charge < -0.3 is 14.6 Å². The summed E-state index contributed by atoms with van der Waals surface area (Å²) in [6.07, 6.45) is 2.66. The van der Waals surface area contributed by atoms with Crippen molar-refractivity contribution in [2.45, 2.75) is 13.5 Å². The van der Waals surface area contributed by atoms with E-state index >= 15 is 0 Å². The number of likely N-dealkylation sites (N-methyl/N-ethyl adjacent to an activating group) is 1. The van der Waals surface area contributed by atoms with Gasteiger partial charge in [-0.1, -0.05) is 6.07 Å². The molecule has 0 heterocycles. The van der Waals surface area contributed by atoms with Crippen LogP contribution in [0.25, 0.3) is 6.08 Å². The van der Waals surface area contributed by atoms with Crippen LogP contribution in [-0.2, 0) is 16.1 Å². The van der Waals surface area contributed by atoms with Gasteiger partial charge in [-0.3, -0.25) is 4.90 Å². The van der Waals surface area contributed by atoms with E-state index in [1.807, 2.05) is 32.2 Å². The normalized spacial score (nSPS) is 11.2. The summed E-state index contributed by atoms with van der Waals surface area (Å²) in [5.41, 5.74) is 1.86. The van der Waals surface area contributed by atoms with Gasteiger partial charge in [-0.2, -0.15) is 0 Å². The predicted octanol–water partition coefficient (Wildman–Crippen LogP) is 2.26. The predicted molar refractivity (Wildman–Crippen MR) is 82.5 cm³/mol. The Morgan fingerprint density at radius 3 is 2.81 bits per heavy atom. The number of hydrogen-bond donors (Lipinski definition) is 1. The summed E-state index contributed by atoms with van der Waals surface area (Å²) in [7, 11) is 3.59. The molecule has 0 radical (unpaired) electrons. The maximum absolute atomic E-state index is 10.6. The van der Waals surface area contributed by atoms with Crippen molar-refractivity contribution >= 4 is 12.0 Å². The fraction of sp³-hybridized carbons (Fsp3) is 0.438. The van der Waals surface area contributed by atoms with Crippen LogP contribution in [0.3, 0.4) is 0 Å². The molecule has 116 valence electrons. The third kappa shape index (κ3) is 6.42. The molecule has 5 nitrogen and oxygen atoms in total. The first-order chi connectivity index (χ1) is 10.1. The summed E-state index contributed by atoms with van der Waals surface area (Å²) in [6, 6.07) is 5.77. The van der Waals surface area contributed by atoms with Crippen LogP contribution in [0.1, 0.15) is 18.1 Å². The Labute approximate surface area is 125 Å². The Morgan fingerprint density at radius 1 is 1.43 bits per heavy atom. The molecule has 0 saturated heterocycles. The van der Waals surface area contributed by atoms with Crippen molar-refractivity contribution in [2.75, 3.05) is 33.9 Å². The molecule has 1 rings (SSSR count). The molecule has 0 spiro atoms. The number of carboxylic acids is 1. The van der Waals surface area contributed by atoms with Gasteiger partial charge in [0.25, 0.3) is 0 Å². The molecule has 0 atom stereocenters. The maximum atomic E-state index is 10.6. The second-order valence-corrected chi connectivity index (χ2v) is 4.68. The molecule has 0 aliphatic rings. The molecule has 0 aliphatic carbocycles. The van der Waals surface area contributed by atoms with Gasteiger partial charge in [0.15, 0.2) is 0 Å². The van der Waals surface area contributed by atoms with Gasteiger partial charge in [-0.15, -0.1) is 0 Å². The van der Waals surface area contributed by atoms with Crippen molar-refractivity contribution in [3.8, 4) is 5.75 Å². The molecular weight excluding hydrogens is 270 g/mol. The summed E-state index contributed by atoms with van der Waals surface area (Å²) >= 11 is 0. The van der Waals surface area contributed by atoms with Gasteiger partial charge in [0, 0.05) is 31.3 Å². The van der Waals surface area contributed by atoms with Gasteiger partial charge in [0.05, 0.1) is 13.7 Å². The first-order valence-electron chi connectivity index (χ1n) is 6.91. The average Bonchev–Trinajstić information content (AvgIpc) is 2.45. The molecule has 21 heavy (non-hydrogen) atoms. The third-order valence-electron chi connectivity index (χ3n) is 2.97. The fourth-order valence-electron chi connectivity index (χ4n) is 1.93. The number of nitrogens with zero attached hydrogens (tertiary/aromatic N) is 1. The smallest absolute Gasteiger partial charge is 0.328 e. The Hall–Kier alpha value is -1.85. The molecular formula is C16H23NO4. The summed E-state index contributed by atoms with van der Waals surface area (Å²) in [4.78, 5) is 12.8. The Kier molecular flexibility index (Phi) is 7.50. The Balaban J connectivity index is 2.75. The monoisotopic (exact) mass is 293 g/mol. The highest BCUT2D eigenvalue weighted by molar-refractivity contribution is 5.85. The zero-order valence-electron chi connectivity index (χ0n) is 12.8. The standard InChI is InChI=1S/C16H23NO4/c1-4-21-10-9-17(2)12-13-5-7-15(20-3)14(11-13)6-8-16(18)19/h5-8,11H,4,9-10,12H2,1-3H3,(H,18,19)/b8-6+. The summed E-state index contributed by atoms with van der Waals surface area (Å²) < 4.78 is 10.6. The lowest BCUT2D eigenvalue weighted by Crippen LogP contribution is -2.22. The number of carboxylic acid groups (broad SMARTS) is 1. The molecule has 0 saturated carbocycles. The molecule has 0 fully saturated rings. The highest BCUT2D eigenvalue weighted by Crippen LogP contribution is 2.22. The lowest BCUT2D eigenvalue weighted by Gasteiger charge is -2.17. The van der Waals surface area contributed by atoms with Gasteiger partial charge in [-0.05, 0) is 37.7 Å². The zero-order valence-corrected chi connectivity index (χ0v) is 12.8. The molecule has 5 heteroatoms. The number of aliphatic carboxylic acids is 1. The highest BCUT2D eigenvalue weighted by atomic mass is 16.5. The van der Waals surface area contributed by atoms with Gasteiger partial charge in [0.1, 0.15) is 5.75 Å². The second-order valence-electron chi connectivity index (χ2n) is 4.68. The molecule has 1 N–H and O–H groups in total. The van der Waals surface area contributed by atoms with Gasteiger partial charge in [-0.25, -0.2) is 4.79 Å². The first-order valence-corrected chi connectivity index (χ1v) is 6.91. The molecule has 0 bridgehead atoms. The van der Waals surface area contributed by atoms with Crippen molar-refractivity contribution in [3.63, 3.8) is 0 Å². The van der Waals surface area contributed by atoms with Crippen LogP contribution in [0.15, 0.2) is 24.3 Å². The quantitative estimate of drug-likeness (QED) is 0.559. The molecule has 0 aromatic heterocycles. The largest absolute Gasteiger partial charge is 0.496 e. The average molecular weight is 293 g/mol. The zero-order chi connectivity index (χ0) is 15.7. The van der Waals surface area contributed by atoms with Crippen LogP contribution in [0.2, 0.25) is 0 Å². The van der Waals surface area contributed by atoms with Crippen molar-refractivity contribution in [1.82, 2.24) is 4.90 Å². The van der Waals surface area contributed by atoms with Gasteiger partial charge in [0.2, 0.25) is 0 Å². The van der Waals surface area contributed by atoms with Crippen LogP contribution < -0.4 is 4.74 Å². The van der Waals surface area contributed by atoms with E-state index in [-0.39, 0.29) is 0 Å². The lowest BCUT2D eigenvalue weighted by molar-refractivity contribution is -0.131. The van der Waals surface area contributed by atoms with Crippen LogP contribution in [0.5, 0.6) is 5.75 Å². The fourth-order valence-corrected chi connectivity index (χ4v) is 1.93. The van der Waals surface area contributed by atoms with Crippen molar-refractivity contribution in [3.05, 3.63) is 35.4 Å². The van der Waals surface area contributed by atoms with E-state index < -0.39 is 5.97 Å². The van der Waals surface area contributed by atoms with Crippen LogP contribution in [0, 0.1) is 0 Å². The minimum absolute atomic E-state index is 0.660. The van der Waals surface area contributed by atoms with Crippen molar-refractivity contribution in [2.24, 2.45) is 0 Å². The number of hydrogen-bond acceptors (Lipinski definition) is 4. The number of benzene rings is 1. The summed E-state index contributed by atoms with van der Waals surface area (Å²) in [5, 5.41) is 8.72. The van der Waals surface area contributed by atoms with E-state index in [0.717, 1.165) is 36.9 Å². The minimum Gasteiger partial charge on any atom is -0.496 e. The van der Waals surface area contributed by atoms with E-state index in [1.54, 1.807) is 13.2 Å². The molecule has 1 aromatic carbocycles. The number of rotatable bonds is 9. The minimum atomic E-state index is -0.976. The summed E-state index contributed by atoms with van der Waals surface area (Å²) in [5.74, 6) is -0.315. The Morgan fingerprint density at radius 2 is 2.19 bits per heavy atom. The number of carbonyl (C=O) groups is 1. The van der Waals surface area contributed by atoms with Crippen molar-refractivity contribution < 1.29 is 19.4 Å². The van der Waals surface area contributed by atoms with E-state index in [2.05, 4.69) is 4.90 Å². The Bertz CT molecular complexity index is 485. The lowest BCUT2D eigenvalue weighted by atomic mass is 10.1. The maximum Gasteiger partial charge on any atom is 0.328 e. The molecule has 0 unspecified atom stereocenters. The van der Waals surface area contributed by atoms with E-state index in [9.17, 15) is 4.79 Å². The number of ether oxygens (including phenoxy) is 2. The van der Waals surface area contributed by atoms with Crippen molar-refractivity contribution in [1.29, 1.82) is 0 Å². The summed E-state index contributed by atoms with van der Waals surface area (Å²) in [6.45, 7) is 5.02. The third-order valence-corrected chi connectivity index (χ3v) is 2.97.